The molecule has 5 nitrogen and oxygen atoms in total. The predicted octanol–water partition coefficient (Wildman–Crippen LogP) is 4.66. The minimum atomic E-state index is -3.79. The van der Waals surface area contributed by atoms with Crippen molar-refractivity contribution < 1.29 is 17.9 Å². The molecule has 0 saturated heterocycles. The third kappa shape index (κ3) is 7.80. The van der Waals surface area contributed by atoms with E-state index in [0.717, 1.165) is 24.8 Å². The Morgan fingerprint density at radius 2 is 1.69 bits per heavy atom. The number of hydrogen-bond donors (Lipinski definition) is 1. The summed E-state index contributed by atoms with van der Waals surface area (Å²) in [6, 6.07) is 13.4. The average Bonchev–Trinajstić information content (AvgIpc) is 2.68. The Morgan fingerprint density at radius 3 is 2.31 bits per heavy atom. The van der Waals surface area contributed by atoms with Crippen LogP contribution in [0.1, 0.15) is 43.7 Å². The van der Waals surface area contributed by atoms with E-state index in [2.05, 4.69) is 4.72 Å². The molecular weight excluding hydrogens is 410 g/mol. The molecule has 0 aliphatic rings. The molecule has 2 rings (SSSR count). The van der Waals surface area contributed by atoms with Crippen molar-refractivity contribution in [2.75, 3.05) is 6.61 Å². The van der Waals surface area contributed by atoms with E-state index in [-0.39, 0.29) is 11.5 Å². The van der Waals surface area contributed by atoms with Crippen molar-refractivity contribution in [2.24, 2.45) is 0 Å². The number of benzene rings is 2. The van der Waals surface area contributed by atoms with Crippen LogP contribution in [0.15, 0.2) is 53.4 Å². The summed E-state index contributed by atoms with van der Waals surface area (Å²) in [7, 11) is -3.79. The molecule has 0 heterocycles. The highest BCUT2D eigenvalue weighted by Crippen LogP contribution is 2.15. The maximum Gasteiger partial charge on any atom is 0.324 e. The number of carbonyl (C=O) groups excluding carboxylic acids is 1. The van der Waals surface area contributed by atoms with Gasteiger partial charge in [-0.25, -0.2) is 8.42 Å². The van der Waals surface area contributed by atoms with Gasteiger partial charge < -0.3 is 4.74 Å². The summed E-state index contributed by atoms with van der Waals surface area (Å²) >= 11 is 5.89. The van der Waals surface area contributed by atoms with Crippen molar-refractivity contribution in [3.05, 3.63) is 64.7 Å². The molecule has 0 aliphatic carbocycles. The van der Waals surface area contributed by atoms with E-state index in [1.807, 2.05) is 31.2 Å². The van der Waals surface area contributed by atoms with Gasteiger partial charge in [0.1, 0.15) is 6.04 Å². The second-order valence-corrected chi connectivity index (χ2v) is 9.12. The highest BCUT2D eigenvalue weighted by molar-refractivity contribution is 7.89. The van der Waals surface area contributed by atoms with Gasteiger partial charge in [0.25, 0.3) is 0 Å². The molecule has 158 valence electrons. The molecule has 1 atom stereocenters. The lowest BCUT2D eigenvalue weighted by Gasteiger charge is -2.17. The summed E-state index contributed by atoms with van der Waals surface area (Å²) < 4.78 is 32.8. The molecule has 0 spiro atoms. The summed E-state index contributed by atoms with van der Waals surface area (Å²) in [5, 5.41) is 0.715. The van der Waals surface area contributed by atoms with Gasteiger partial charge in [0.2, 0.25) is 10.0 Å². The number of esters is 1. The van der Waals surface area contributed by atoms with Gasteiger partial charge in [-0.3, -0.25) is 4.79 Å². The molecule has 0 aliphatic heterocycles. The van der Waals surface area contributed by atoms with Gasteiger partial charge >= 0.3 is 5.97 Å². The summed E-state index contributed by atoms with van der Waals surface area (Å²) in [6.45, 7) is 3.79. The van der Waals surface area contributed by atoms with Gasteiger partial charge in [-0.15, -0.1) is 0 Å². The lowest BCUT2D eigenvalue weighted by molar-refractivity contribution is -0.145. The fourth-order valence-electron chi connectivity index (χ4n) is 2.95. The van der Waals surface area contributed by atoms with E-state index in [0.29, 0.717) is 17.9 Å². The van der Waals surface area contributed by atoms with Gasteiger partial charge in [0.15, 0.2) is 0 Å². The molecule has 0 amide bonds. The van der Waals surface area contributed by atoms with E-state index < -0.39 is 22.0 Å². The molecule has 2 aromatic rings. The molecule has 0 radical (unpaired) electrons. The zero-order chi connectivity index (χ0) is 21.3. The topological polar surface area (TPSA) is 72.5 Å². The molecule has 29 heavy (non-hydrogen) atoms. The second-order valence-electron chi connectivity index (χ2n) is 6.96. The number of hydrogen-bond acceptors (Lipinski definition) is 4. The van der Waals surface area contributed by atoms with Crippen LogP contribution in [0.2, 0.25) is 5.02 Å². The average molecular weight is 438 g/mol. The largest absolute Gasteiger partial charge is 0.465 e. The summed E-state index contributed by atoms with van der Waals surface area (Å²) in [4.78, 5) is 12.4. The Morgan fingerprint density at radius 1 is 1.03 bits per heavy atom. The maximum atomic E-state index is 12.6. The number of halogens is 1. The van der Waals surface area contributed by atoms with Crippen LogP contribution in [0, 0.1) is 6.92 Å². The standard InChI is InChI=1S/C22H28ClNO4S/c1-3-28-22(25)21(24-29(26,27)20-15-9-17(2)10-16-20)8-6-4-5-7-18-11-13-19(23)14-12-18/h9-16,21,24H,3-8H2,1-2H3. The normalized spacial score (nSPS) is 12.5. The van der Waals surface area contributed by atoms with Gasteiger partial charge in [-0.05, 0) is 62.9 Å². The Bertz CT molecular complexity index is 880. The highest BCUT2D eigenvalue weighted by atomic mass is 35.5. The van der Waals surface area contributed by atoms with Crippen molar-refractivity contribution in [2.45, 2.75) is 56.9 Å². The monoisotopic (exact) mass is 437 g/mol. The quantitative estimate of drug-likeness (QED) is 0.410. The number of carbonyl (C=O) groups is 1. The molecule has 0 aromatic heterocycles. The van der Waals surface area contributed by atoms with Gasteiger partial charge in [-0.2, -0.15) is 4.72 Å². The van der Waals surface area contributed by atoms with E-state index >= 15 is 0 Å². The molecule has 0 fully saturated rings. The second kappa shape index (κ2) is 11.3. The lowest BCUT2D eigenvalue weighted by Crippen LogP contribution is -2.41. The third-order valence-electron chi connectivity index (χ3n) is 4.57. The van der Waals surface area contributed by atoms with E-state index in [9.17, 15) is 13.2 Å². The minimum absolute atomic E-state index is 0.139. The van der Waals surface area contributed by atoms with E-state index in [4.69, 9.17) is 16.3 Å². The number of ether oxygens (including phenoxy) is 1. The number of nitrogens with one attached hydrogen (secondary N) is 1. The molecule has 1 unspecified atom stereocenters. The SMILES string of the molecule is CCOC(=O)C(CCCCCc1ccc(Cl)cc1)NS(=O)(=O)c1ccc(C)cc1. The van der Waals surface area contributed by atoms with Crippen LogP contribution in [0.5, 0.6) is 0 Å². The van der Waals surface area contributed by atoms with Crippen molar-refractivity contribution in [3.63, 3.8) is 0 Å². The Hall–Kier alpha value is -1.89. The van der Waals surface area contributed by atoms with E-state index in [1.165, 1.54) is 17.7 Å². The first-order valence-corrected chi connectivity index (χ1v) is 11.7. The van der Waals surface area contributed by atoms with Crippen LogP contribution in [0.25, 0.3) is 0 Å². The third-order valence-corrected chi connectivity index (χ3v) is 6.31. The van der Waals surface area contributed by atoms with Crippen LogP contribution in [0.3, 0.4) is 0 Å². The fourth-order valence-corrected chi connectivity index (χ4v) is 4.29. The van der Waals surface area contributed by atoms with E-state index in [1.54, 1.807) is 19.1 Å². The highest BCUT2D eigenvalue weighted by Gasteiger charge is 2.26. The van der Waals surface area contributed by atoms with Gasteiger partial charge in [-0.1, -0.05) is 54.3 Å². The van der Waals surface area contributed by atoms with Crippen LogP contribution in [-0.2, 0) is 26.0 Å². The van der Waals surface area contributed by atoms with Crippen molar-refractivity contribution in [1.29, 1.82) is 0 Å². The molecule has 2 aromatic carbocycles. The van der Waals surface area contributed by atoms with Crippen LogP contribution >= 0.6 is 11.6 Å². The number of aryl methyl sites for hydroxylation is 2. The van der Waals surface area contributed by atoms with Gasteiger partial charge in [0, 0.05) is 5.02 Å². The smallest absolute Gasteiger partial charge is 0.324 e. The zero-order valence-electron chi connectivity index (χ0n) is 16.9. The first kappa shape index (κ1) is 23.4. The first-order chi connectivity index (χ1) is 13.8. The molecule has 0 saturated carbocycles. The van der Waals surface area contributed by atoms with Crippen LogP contribution < -0.4 is 4.72 Å². The Kier molecular flexibility index (Phi) is 9.14. The molecule has 7 heteroatoms. The fraction of sp³-hybridized carbons (Fsp3) is 0.409. The van der Waals surface area contributed by atoms with Crippen molar-refractivity contribution in [1.82, 2.24) is 4.72 Å². The molecular formula is C22H28ClNO4S. The van der Waals surface area contributed by atoms with Crippen LogP contribution in [0.4, 0.5) is 0 Å². The van der Waals surface area contributed by atoms with Crippen LogP contribution in [-0.4, -0.2) is 27.0 Å². The number of unbranched alkanes of at least 4 members (excludes halogenated alkanes) is 2. The molecule has 0 bridgehead atoms. The van der Waals surface area contributed by atoms with Crippen molar-refractivity contribution in [3.8, 4) is 0 Å². The van der Waals surface area contributed by atoms with Crippen molar-refractivity contribution >= 4 is 27.6 Å². The number of sulfonamides is 1. The zero-order valence-corrected chi connectivity index (χ0v) is 18.4. The summed E-state index contributed by atoms with van der Waals surface area (Å²) in [5.74, 6) is -0.541. The predicted molar refractivity (Wildman–Crippen MR) is 116 cm³/mol. The lowest BCUT2D eigenvalue weighted by atomic mass is 10.0. The first-order valence-electron chi connectivity index (χ1n) is 9.82. The minimum Gasteiger partial charge on any atom is -0.465 e. The summed E-state index contributed by atoms with van der Waals surface area (Å²) in [5.41, 5.74) is 2.17. The summed E-state index contributed by atoms with van der Waals surface area (Å²) in [6.07, 6.45) is 3.85. The molecule has 1 N–H and O–H groups in total. The van der Waals surface area contributed by atoms with Gasteiger partial charge in [0.05, 0.1) is 11.5 Å². The number of rotatable bonds is 11. The maximum absolute atomic E-state index is 12.6. The Balaban J connectivity index is 1.91. The Labute approximate surface area is 178 Å².